The number of amides is 1. The Morgan fingerprint density at radius 1 is 1.00 bits per heavy atom. The molecule has 0 saturated carbocycles. The van der Waals surface area contributed by atoms with Gasteiger partial charge in [0.25, 0.3) is 5.91 Å². The average molecular weight is 372 g/mol. The fourth-order valence-electron chi connectivity index (χ4n) is 3.23. The third-order valence-corrected chi connectivity index (χ3v) is 6.06. The predicted molar refractivity (Wildman–Crippen MR) is 103 cm³/mol. The predicted octanol–water partition coefficient (Wildman–Crippen LogP) is 2.53. The minimum Gasteiger partial charge on any atom is -0.337 e. The number of likely N-dealkylation sites (tertiary alicyclic amines) is 1. The Morgan fingerprint density at radius 2 is 1.54 bits per heavy atom. The molecule has 0 unspecified atom stereocenters. The lowest BCUT2D eigenvalue weighted by Crippen LogP contribution is -2.34. The van der Waals surface area contributed by atoms with Gasteiger partial charge < -0.3 is 9.80 Å². The van der Waals surface area contributed by atoms with E-state index >= 15 is 0 Å². The summed E-state index contributed by atoms with van der Waals surface area (Å²) in [6, 6.07) is 14.7. The number of benzene rings is 2. The summed E-state index contributed by atoms with van der Waals surface area (Å²) in [5, 5.41) is 0. The summed E-state index contributed by atoms with van der Waals surface area (Å²) < 4.78 is 23.1. The van der Waals surface area contributed by atoms with E-state index in [0.717, 1.165) is 30.6 Å². The molecule has 1 aliphatic heterocycles. The number of hydrogen-bond donors (Lipinski definition) is 0. The quantitative estimate of drug-likeness (QED) is 0.828. The number of carbonyl (C=O) groups excluding carboxylic acids is 1. The Bertz CT molecular complexity index is 888. The molecule has 0 aliphatic carbocycles. The maximum atomic E-state index is 12.7. The first-order valence-corrected chi connectivity index (χ1v) is 10.5. The molecule has 0 spiro atoms. The van der Waals surface area contributed by atoms with Crippen LogP contribution in [0.3, 0.4) is 0 Å². The Morgan fingerprint density at radius 3 is 2.00 bits per heavy atom. The molecule has 1 aliphatic rings. The number of hydrogen-bond acceptors (Lipinski definition) is 4. The van der Waals surface area contributed by atoms with Crippen molar-refractivity contribution < 1.29 is 13.2 Å². The second kappa shape index (κ2) is 7.21. The highest BCUT2D eigenvalue weighted by molar-refractivity contribution is 7.90. The van der Waals surface area contributed by atoms with Crippen molar-refractivity contribution in [2.45, 2.75) is 17.4 Å². The molecule has 1 heterocycles. The topological polar surface area (TPSA) is 57.7 Å². The molecule has 6 heteroatoms. The van der Waals surface area contributed by atoms with Crippen LogP contribution < -0.4 is 0 Å². The molecule has 2 aromatic rings. The third kappa shape index (κ3) is 3.97. The van der Waals surface area contributed by atoms with Crippen LogP contribution in [-0.2, 0) is 9.84 Å². The molecule has 26 heavy (non-hydrogen) atoms. The van der Waals surface area contributed by atoms with Gasteiger partial charge in [-0.25, -0.2) is 8.42 Å². The van der Waals surface area contributed by atoms with Gasteiger partial charge >= 0.3 is 0 Å². The van der Waals surface area contributed by atoms with E-state index in [9.17, 15) is 13.2 Å². The van der Waals surface area contributed by atoms with Gasteiger partial charge in [-0.3, -0.25) is 4.79 Å². The van der Waals surface area contributed by atoms with Crippen molar-refractivity contribution in [3.8, 4) is 11.1 Å². The monoisotopic (exact) mass is 372 g/mol. The molecule has 5 nitrogen and oxygen atoms in total. The summed E-state index contributed by atoms with van der Waals surface area (Å²) in [7, 11) is 0.895. The van der Waals surface area contributed by atoms with Crippen LogP contribution in [0.4, 0.5) is 0 Å². The van der Waals surface area contributed by atoms with E-state index < -0.39 is 9.84 Å². The van der Waals surface area contributed by atoms with Crippen LogP contribution in [-0.4, -0.2) is 63.6 Å². The van der Waals surface area contributed by atoms with Crippen LogP contribution in [0, 0.1) is 0 Å². The molecule has 1 fully saturated rings. The molecular formula is C20H24N2O3S. The van der Waals surface area contributed by atoms with Crippen LogP contribution in [0.25, 0.3) is 11.1 Å². The molecule has 0 aromatic heterocycles. The van der Waals surface area contributed by atoms with Gasteiger partial charge in [-0.2, -0.15) is 0 Å². The highest BCUT2D eigenvalue weighted by atomic mass is 32.2. The molecule has 0 radical (unpaired) electrons. The van der Waals surface area contributed by atoms with Gasteiger partial charge in [-0.05, 0) is 55.9 Å². The standard InChI is InChI=1S/C20H24N2O3S/c1-21(2)18-12-13-22(14-18)20(23)17-6-4-15(5-7-17)16-8-10-19(11-9-16)26(3,24)25/h4-11,18H,12-14H2,1-3H3/t18-/m0/s1. The molecule has 0 bridgehead atoms. The van der Waals surface area contributed by atoms with Gasteiger partial charge in [0.2, 0.25) is 0 Å². The van der Waals surface area contributed by atoms with E-state index in [1.165, 1.54) is 6.26 Å². The van der Waals surface area contributed by atoms with Crippen molar-refractivity contribution in [3.05, 3.63) is 54.1 Å². The van der Waals surface area contributed by atoms with E-state index in [4.69, 9.17) is 0 Å². The van der Waals surface area contributed by atoms with Crippen molar-refractivity contribution in [2.75, 3.05) is 33.4 Å². The second-order valence-electron chi connectivity index (χ2n) is 7.03. The van der Waals surface area contributed by atoms with E-state index in [-0.39, 0.29) is 5.91 Å². The number of rotatable bonds is 4. The summed E-state index contributed by atoms with van der Waals surface area (Å²) in [5.41, 5.74) is 2.56. The van der Waals surface area contributed by atoms with Gasteiger partial charge in [0.1, 0.15) is 0 Å². The minimum absolute atomic E-state index is 0.0633. The zero-order chi connectivity index (χ0) is 18.9. The Balaban J connectivity index is 1.73. The van der Waals surface area contributed by atoms with Crippen molar-refractivity contribution in [2.24, 2.45) is 0 Å². The smallest absolute Gasteiger partial charge is 0.253 e. The van der Waals surface area contributed by atoms with E-state index in [1.54, 1.807) is 24.3 Å². The van der Waals surface area contributed by atoms with Crippen LogP contribution in [0.1, 0.15) is 16.8 Å². The molecule has 0 N–H and O–H groups in total. The summed E-state index contributed by atoms with van der Waals surface area (Å²) in [6.45, 7) is 1.55. The molecule has 1 amide bonds. The summed E-state index contributed by atoms with van der Waals surface area (Å²) in [5.74, 6) is 0.0633. The number of sulfone groups is 1. The largest absolute Gasteiger partial charge is 0.337 e. The first-order valence-electron chi connectivity index (χ1n) is 8.62. The lowest BCUT2D eigenvalue weighted by atomic mass is 10.0. The van der Waals surface area contributed by atoms with Crippen LogP contribution in [0.2, 0.25) is 0 Å². The maximum Gasteiger partial charge on any atom is 0.253 e. The SMILES string of the molecule is CN(C)[C@H]1CCN(C(=O)c2ccc(-c3ccc(S(C)(=O)=O)cc3)cc2)C1. The summed E-state index contributed by atoms with van der Waals surface area (Å²) in [6.07, 6.45) is 2.20. The second-order valence-corrected chi connectivity index (χ2v) is 9.05. The normalized spacial score (nSPS) is 17.7. The maximum absolute atomic E-state index is 12.7. The highest BCUT2D eigenvalue weighted by Crippen LogP contribution is 2.23. The first-order chi connectivity index (χ1) is 12.3. The van der Waals surface area contributed by atoms with Crippen molar-refractivity contribution in [3.63, 3.8) is 0 Å². The van der Waals surface area contributed by atoms with Crippen molar-refractivity contribution in [1.82, 2.24) is 9.80 Å². The molecule has 1 atom stereocenters. The van der Waals surface area contributed by atoms with Gasteiger partial charge in [0.05, 0.1) is 4.90 Å². The van der Waals surface area contributed by atoms with Gasteiger partial charge in [-0.15, -0.1) is 0 Å². The average Bonchev–Trinajstić information content (AvgIpc) is 3.11. The van der Waals surface area contributed by atoms with Crippen LogP contribution >= 0.6 is 0 Å². The molecule has 1 saturated heterocycles. The Kier molecular flexibility index (Phi) is 5.16. The van der Waals surface area contributed by atoms with Gasteiger partial charge in [0.15, 0.2) is 9.84 Å². The van der Waals surface area contributed by atoms with E-state index in [1.807, 2.05) is 43.3 Å². The Hall–Kier alpha value is -2.18. The number of carbonyl (C=O) groups is 1. The Labute approximate surface area is 155 Å². The van der Waals surface area contributed by atoms with E-state index in [2.05, 4.69) is 4.90 Å². The lowest BCUT2D eigenvalue weighted by Gasteiger charge is -2.20. The van der Waals surface area contributed by atoms with Crippen LogP contribution in [0.5, 0.6) is 0 Å². The number of nitrogens with zero attached hydrogens (tertiary/aromatic N) is 2. The molecule has 2 aromatic carbocycles. The summed E-state index contributed by atoms with van der Waals surface area (Å²) in [4.78, 5) is 17.0. The molecule has 3 rings (SSSR count). The van der Waals surface area contributed by atoms with Crippen molar-refractivity contribution in [1.29, 1.82) is 0 Å². The zero-order valence-electron chi connectivity index (χ0n) is 15.3. The van der Waals surface area contributed by atoms with Crippen molar-refractivity contribution >= 4 is 15.7 Å². The fraction of sp³-hybridized carbons (Fsp3) is 0.350. The molecule has 138 valence electrons. The zero-order valence-corrected chi connectivity index (χ0v) is 16.2. The van der Waals surface area contributed by atoms with Gasteiger partial charge in [-0.1, -0.05) is 24.3 Å². The fourth-order valence-corrected chi connectivity index (χ4v) is 3.86. The number of likely N-dealkylation sites (N-methyl/N-ethyl adjacent to an activating group) is 1. The third-order valence-electron chi connectivity index (χ3n) is 4.93. The molecular weight excluding hydrogens is 348 g/mol. The minimum atomic E-state index is -3.19. The van der Waals surface area contributed by atoms with Gasteiger partial charge in [0, 0.05) is 31.0 Å². The first kappa shape index (κ1) is 18.6. The van der Waals surface area contributed by atoms with E-state index in [0.29, 0.717) is 16.5 Å². The van der Waals surface area contributed by atoms with Crippen LogP contribution in [0.15, 0.2) is 53.4 Å². The highest BCUT2D eigenvalue weighted by Gasteiger charge is 2.27. The summed E-state index contributed by atoms with van der Waals surface area (Å²) >= 11 is 0. The lowest BCUT2D eigenvalue weighted by molar-refractivity contribution is 0.0783.